The number of nitrogens with zero attached hydrogens (tertiary/aromatic N) is 1. The summed E-state index contributed by atoms with van der Waals surface area (Å²) in [4.78, 5) is 11.3. The van der Waals surface area contributed by atoms with Gasteiger partial charge in [-0.1, -0.05) is 5.16 Å². The van der Waals surface area contributed by atoms with Crippen LogP contribution in [-0.4, -0.2) is 30.8 Å². The van der Waals surface area contributed by atoms with E-state index in [-0.39, 0.29) is 18.4 Å². The average molecular weight is 199 g/mol. The smallest absolute Gasteiger partial charge is 0.228 e. The van der Waals surface area contributed by atoms with Gasteiger partial charge in [0.2, 0.25) is 5.91 Å². The summed E-state index contributed by atoms with van der Waals surface area (Å²) in [6.07, 6.45) is 1.33. The number of nitrogens with one attached hydrogen (secondary N) is 1. The second-order valence-corrected chi connectivity index (χ2v) is 2.73. The highest BCUT2D eigenvalue weighted by Gasteiger charge is 2.12. The van der Waals surface area contributed by atoms with Crippen molar-refractivity contribution in [1.82, 2.24) is 5.16 Å². The Morgan fingerprint density at radius 1 is 1.86 bits per heavy atom. The highest BCUT2D eigenvalue weighted by molar-refractivity contribution is 5.89. The van der Waals surface area contributed by atoms with Gasteiger partial charge in [0, 0.05) is 19.7 Å². The molecule has 78 valence electrons. The Labute approximate surface area is 81.4 Å². The topological polar surface area (TPSA) is 90.4 Å². The predicted octanol–water partition coefficient (Wildman–Crippen LogP) is -0.0231. The van der Waals surface area contributed by atoms with Gasteiger partial charge in [0.1, 0.15) is 6.26 Å². The summed E-state index contributed by atoms with van der Waals surface area (Å²) in [5.41, 5.74) is 5.37. The highest BCUT2D eigenvalue weighted by Crippen LogP contribution is 2.03. The van der Waals surface area contributed by atoms with E-state index in [1.54, 1.807) is 6.07 Å². The van der Waals surface area contributed by atoms with Crippen LogP contribution in [0.5, 0.6) is 0 Å². The molecule has 1 atom stereocenters. The van der Waals surface area contributed by atoms with Crippen LogP contribution in [0.1, 0.15) is 6.42 Å². The van der Waals surface area contributed by atoms with Crippen LogP contribution in [0, 0.1) is 0 Å². The van der Waals surface area contributed by atoms with Crippen molar-refractivity contribution in [2.75, 3.05) is 19.0 Å². The molecule has 0 saturated heterocycles. The van der Waals surface area contributed by atoms with Gasteiger partial charge in [0.15, 0.2) is 5.82 Å². The van der Waals surface area contributed by atoms with E-state index < -0.39 is 0 Å². The fourth-order valence-corrected chi connectivity index (χ4v) is 0.941. The average Bonchev–Trinajstić information content (AvgIpc) is 2.66. The van der Waals surface area contributed by atoms with E-state index in [0.29, 0.717) is 12.4 Å². The first-order valence-corrected chi connectivity index (χ1v) is 4.19. The van der Waals surface area contributed by atoms with Gasteiger partial charge in [-0.25, -0.2) is 0 Å². The fraction of sp³-hybridized carbons (Fsp3) is 0.500. The zero-order chi connectivity index (χ0) is 10.4. The Bertz CT molecular complexity index is 269. The van der Waals surface area contributed by atoms with Crippen molar-refractivity contribution in [1.29, 1.82) is 0 Å². The third kappa shape index (κ3) is 3.15. The van der Waals surface area contributed by atoms with E-state index in [0.717, 1.165) is 0 Å². The lowest BCUT2D eigenvalue weighted by Crippen LogP contribution is -2.28. The molecular weight excluding hydrogens is 186 g/mol. The second kappa shape index (κ2) is 5.36. The van der Waals surface area contributed by atoms with Gasteiger partial charge in [-0.2, -0.15) is 0 Å². The summed E-state index contributed by atoms with van der Waals surface area (Å²) in [6.45, 7) is 0.308. The van der Waals surface area contributed by atoms with Gasteiger partial charge in [0.05, 0.1) is 12.5 Å². The molecule has 1 aromatic rings. The van der Waals surface area contributed by atoms with Gasteiger partial charge in [-0.3, -0.25) is 4.79 Å². The van der Waals surface area contributed by atoms with Crippen LogP contribution in [0.2, 0.25) is 0 Å². The van der Waals surface area contributed by atoms with Crippen molar-refractivity contribution in [3.63, 3.8) is 0 Å². The molecule has 1 amide bonds. The molecule has 3 N–H and O–H groups in total. The van der Waals surface area contributed by atoms with Crippen LogP contribution in [0.4, 0.5) is 5.82 Å². The monoisotopic (exact) mass is 199 g/mol. The van der Waals surface area contributed by atoms with Gasteiger partial charge < -0.3 is 20.3 Å². The van der Waals surface area contributed by atoms with E-state index in [1.165, 1.54) is 13.4 Å². The minimum absolute atomic E-state index is 0.198. The molecular formula is C8H13N3O3. The minimum atomic E-state index is -0.262. The third-order valence-corrected chi connectivity index (χ3v) is 1.71. The van der Waals surface area contributed by atoms with Gasteiger partial charge in [-0.15, -0.1) is 0 Å². The first-order chi connectivity index (χ1) is 6.76. The molecule has 6 nitrogen and oxygen atoms in total. The van der Waals surface area contributed by atoms with Crippen molar-refractivity contribution in [3.05, 3.63) is 12.3 Å². The lowest BCUT2D eigenvalue weighted by Gasteiger charge is -2.11. The third-order valence-electron chi connectivity index (χ3n) is 1.71. The SMILES string of the molecule is COC(CN)CC(=O)Nc1ccon1. The molecule has 0 saturated carbocycles. The summed E-state index contributed by atoms with van der Waals surface area (Å²) < 4.78 is 9.51. The standard InChI is InChI=1S/C8H13N3O3/c1-13-6(5-9)4-8(12)10-7-2-3-14-11-7/h2-3,6H,4-5,9H2,1H3,(H,10,11,12). The second-order valence-electron chi connectivity index (χ2n) is 2.73. The van der Waals surface area contributed by atoms with E-state index in [1.807, 2.05) is 0 Å². The molecule has 0 aliphatic rings. The van der Waals surface area contributed by atoms with Crippen LogP contribution in [0.25, 0.3) is 0 Å². The van der Waals surface area contributed by atoms with Crippen LogP contribution in [0.3, 0.4) is 0 Å². The Balaban J connectivity index is 2.35. The molecule has 1 aromatic heterocycles. The number of anilines is 1. The molecule has 0 aliphatic carbocycles. The summed E-state index contributed by atoms with van der Waals surface area (Å²) in [7, 11) is 1.51. The zero-order valence-corrected chi connectivity index (χ0v) is 7.90. The number of hydrogen-bond acceptors (Lipinski definition) is 5. The number of methoxy groups -OCH3 is 1. The normalized spacial score (nSPS) is 12.4. The molecule has 1 heterocycles. The van der Waals surface area contributed by atoms with Crippen molar-refractivity contribution in [2.45, 2.75) is 12.5 Å². The number of carbonyl (C=O) groups is 1. The quantitative estimate of drug-likeness (QED) is 0.695. The Morgan fingerprint density at radius 3 is 3.14 bits per heavy atom. The van der Waals surface area contributed by atoms with Crippen LogP contribution in [-0.2, 0) is 9.53 Å². The molecule has 0 bridgehead atoms. The molecule has 0 fully saturated rings. The van der Waals surface area contributed by atoms with Crippen molar-refractivity contribution in [3.8, 4) is 0 Å². The van der Waals surface area contributed by atoms with Crippen LogP contribution < -0.4 is 11.1 Å². The number of aromatic nitrogens is 1. The first kappa shape index (κ1) is 10.7. The first-order valence-electron chi connectivity index (χ1n) is 4.19. The maximum absolute atomic E-state index is 11.3. The van der Waals surface area contributed by atoms with Crippen molar-refractivity contribution in [2.24, 2.45) is 5.73 Å². The maximum Gasteiger partial charge on any atom is 0.228 e. The van der Waals surface area contributed by atoms with Crippen molar-refractivity contribution >= 4 is 11.7 Å². The maximum atomic E-state index is 11.3. The molecule has 1 unspecified atom stereocenters. The van der Waals surface area contributed by atoms with Gasteiger partial charge >= 0.3 is 0 Å². The number of hydrogen-bond donors (Lipinski definition) is 2. The molecule has 0 radical (unpaired) electrons. The van der Waals surface area contributed by atoms with Gasteiger partial charge in [0.25, 0.3) is 0 Å². The number of rotatable bonds is 5. The van der Waals surface area contributed by atoms with Crippen LogP contribution in [0.15, 0.2) is 16.9 Å². The summed E-state index contributed by atoms with van der Waals surface area (Å²) >= 11 is 0. The summed E-state index contributed by atoms with van der Waals surface area (Å²) in [6, 6.07) is 1.56. The van der Waals surface area contributed by atoms with E-state index >= 15 is 0 Å². The lowest BCUT2D eigenvalue weighted by atomic mass is 10.2. The predicted molar refractivity (Wildman–Crippen MR) is 49.6 cm³/mol. The zero-order valence-electron chi connectivity index (χ0n) is 7.90. The highest BCUT2D eigenvalue weighted by atomic mass is 16.5. The fourth-order valence-electron chi connectivity index (χ4n) is 0.941. The largest absolute Gasteiger partial charge is 0.380 e. The summed E-state index contributed by atoms with van der Waals surface area (Å²) in [5, 5.41) is 6.08. The number of nitrogens with two attached hydrogens (primary N) is 1. The Hall–Kier alpha value is -1.40. The Morgan fingerprint density at radius 2 is 2.64 bits per heavy atom. The lowest BCUT2D eigenvalue weighted by molar-refractivity contribution is -0.118. The number of amides is 1. The molecule has 1 rings (SSSR count). The molecule has 0 spiro atoms. The molecule has 14 heavy (non-hydrogen) atoms. The molecule has 6 heteroatoms. The van der Waals surface area contributed by atoms with Crippen molar-refractivity contribution < 1.29 is 14.1 Å². The number of ether oxygens (including phenoxy) is 1. The molecule has 0 aliphatic heterocycles. The van der Waals surface area contributed by atoms with Gasteiger partial charge in [-0.05, 0) is 0 Å². The minimum Gasteiger partial charge on any atom is -0.380 e. The molecule has 0 aromatic carbocycles. The van der Waals surface area contributed by atoms with Crippen LogP contribution >= 0.6 is 0 Å². The number of carbonyl (C=O) groups excluding carboxylic acids is 1. The van der Waals surface area contributed by atoms with E-state index in [2.05, 4.69) is 15.0 Å². The summed E-state index contributed by atoms with van der Waals surface area (Å²) in [5.74, 6) is 0.193. The van der Waals surface area contributed by atoms with E-state index in [9.17, 15) is 4.79 Å². The van der Waals surface area contributed by atoms with E-state index in [4.69, 9.17) is 10.5 Å². The Kier molecular flexibility index (Phi) is 4.09.